The molecule has 0 unspecified atom stereocenters. The van der Waals surface area contributed by atoms with Crippen molar-refractivity contribution in [1.29, 1.82) is 0 Å². The number of carbonyl (C=O) groups excluding carboxylic acids is 1. The summed E-state index contributed by atoms with van der Waals surface area (Å²) < 4.78 is 0. The first-order valence-electron chi connectivity index (χ1n) is 5.36. The van der Waals surface area contributed by atoms with Crippen molar-refractivity contribution in [3.8, 4) is 0 Å². The quantitative estimate of drug-likeness (QED) is 0.811. The number of nitrogens with one attached hydrogen (secondary N) is 1. The van der Waals surface area contributed by atoms with E-state index >= 15 is 0 Å². The van der Waals surface area contributed by atoms with Crippen molar-refractivity contribution < 1.29 is 4.79 Å². The van der Waals surface area contributed by atoms with Gasteiger partial charge in [0, 0.05) is 26.0 Å². The molecule has 5 nitrogen and oxygen atoms in total. The Kier molecular flexibility index (Phi) is 5.31. The van der Waals surface area contributed by atoms with Crippen molar-refractivity contribution in [2.75, 3.05) is 19.0 Å². The first kappa shape index (κ1) is 13.6. The van der Waals surface area contributed by atoms with Gasteiger partial charge in [0.15, 0.2) is 6.29 Å². The van der Waals surface area contributed by atoms with E-state index in [0.717, 1.165) is 6.20 Å². The average Bonchev–Trinajstić information content (AvgIpc) is 2.41. The van der Waals surface area contributed by atoms with Gasteiger partial charge in [-0.2, -0.15) is 0 Å². The van der Waals surface area contributed by atoms with Gasteiger partial charge in [0.25, 0.3) is 5.56 Å². The number of H-pyrrole nitrogens is 1. The summed E-state index contributed by atoms with van der Waals surface area (Å²) in [6.45, 7) is 0. The van der Waals surface area contributed by atoms with Crippen LogP contribution < -0.4 is 10.5 Å². The number of aromatic amines is 1. The molecule has 1 heterocycles. The molecular weight excluding hydrogens is 230 g/mol. The molecule has 5 heteroatoms. The van der Waals surface area contributed by atoms with Crippen LogP contribution in [0, 0.1) is 0 Å². The van der Waals surface area contributed by atoms with Gasteiger partial charge in [0.05, 0.1) is 6.20 Å². The van der Waals surface area contributed by atoms with E-state index < -0.39 is 0 Å². The summed E-state index contributed by atoms with van der Waals surface area (Å²) in [5.41, 5.74) is 1.17. The predicted molar refractivity (Wildman–Crippen MR) is 71.0 cm³/mol. The lowest BCUT2D eigenvalue weighted by atomic mass is 10.3. The number of carbonyl (C=O) groups is 1. The molecule has 0 radical (unpaired) electrons. The Hall–Kier alpha value is -2.43. The standard InChI is InChI=1S/C8H11N.C5H4N2O2/c1-9(2)8-6-4-3-5-7-8;8-3-4-1-7-5(9)2-6-4/h3-7H,1-2H3;1-3H,(H,7,9). The monoisotopic (exact) mass is 245 g/mol. The second kappa shape index (κ2) is 7.01. The van der Waals surface area contributed by atoms with E-state index in [9.17, 15) is 9.59 Å². The first-order chi connectivity index (χ1) is 8.63. The summed E-state index contributed by atoms with van der Waals surface area (Å²) in [7, 11) is 4.07. The maximum absolute atomic E-state index is 10.3. The van der Waals surface area contributed by atoms with Gasteiger partial charge >= 0.3 is 0 Å². The van der Waals surface area contributed by atoms with Crippen molar-refractivity contribution in [3.05, 3.63) is 58.8 Å². The van der Waals surface area contributed by atoms with Crippen LogP contribution in [0.1, 0.15) is 10.5 Å². The predicted octanol–water partition coefficient (Wildman–Crippen LogP) is 1.33. The van der Waals surface area contributed by atoms with Crippen LogP contribution in [-0.4, -0.2) is 30.3 Å². The van der Waals surface area contributed by atoms with E-state index in [1.807, 2.05) is 32.3 Å². The highest BCUT2D eigenvalue weighted by Crippen LogP contribution is 2.07. The van der Waals surface area contributed by atoms with Crippen LogP contribution in [0.15, 0.2) is 47.5 Å². The van der Waals surface area contributed by atoms with Crippen LogP contribution >= 0.6 is 0 Å². The Morgan fingerprint density at radius 1 is 1.22 bits per heavy atom. The summed E-state index contributed by atoms with van der Waals surface area (Å²) in [6, 6.07) is 10.3. The van der Waals surface area contributed by atoms with Crippen LogP contribution in [0.2, 0.25) is 0 Å². The molecule has 1 aromatic carbocycles. The minimum Gasteiger partial charge on any atom is -0.378 e. The number of nitrogens with zero attached hydrogens (tertiary/aromatic N) is 2. The number of aromatic nitrogens is 2. The molecule has 0 aliphatic rings. The number of hydrogen-bond donors (Lipinski definition) is 1. The fraction of sp³-hybridized carbons (Fsp3) is 0.154. The number of hydrogen-bond acceptors (Lipinski definition) is 4. The van der Waals surface area contributed by atoms with Gasteiger partial charge in [0.2, 0.25) is 0 Å². The largest absolute Gasteiger partial charge is 0.378 e. The summed E-state index contributed by atoms with van der Waals surface area (Å²) in [4.78, 5) is 28.1. The van der Waals surface area contributed by atoms with Crippen LogP contribution in [0.4, 0.5) is 5.69 Å². The minimum absolute atomic E-state index is 0.231. The van der Waals surface area contributed by atoms with Crippen LogP contribution in [0.5, 0.6) is 0 Å². The molecular formula is C13H15N3O2. The Bertz CT molecular complexity index is 515. The lowest BCUT2D eigenvalue weighted by Gasteiger charge is -2.10. The summed E-state index contributed by atoms with van der Waals surface area (Å²) in [5, 5.41) is 0. The fourth-order valence-electron chi connectivity index (χ4n) is 1.14. The summed E-state index contributed by atoms with van der Waals surface area (Å²) in [6.07, 6.45) is 2.88. The lowest BCUT2D eigenvalue weighted by molar-refractivity contribution is 0.111. The average molecular weight is 245 g/mol. The zero-order valence-corrected chi connectivity index (χ0v) is 10.3. The van der Waals surface area contributed by atoms with E-state index in [0.29, 0.717) is 6.29 Å². The van der Waals surface area contributed by atoms with Gasteiger partial charge in [-0.05, 0) is 12.1 Å². The number of aldehydes is 1. The highest BCUT2D eigenvalue weighted by atomic mass is 16.1. The van der Waals surface area contributed by atoms with Crippen molar-refractivity contribution in [3.63, 3.8) is 0 Å². The molecule has 18 heavy (non-hydrogen) atoms. The van der Waals surface area contributed by atoms with Crippen LogP contribution in [0.25, 0.3) is 0 Å². The van der Waals surface area contributed by atoms with Gasteiger partial charge in [-0.1, -0.05) is 18.2 Å². The maximum Gasteiger partial charge on any atom is 0.266 e. The van der Waals surface area contributed by atoms with Gasteiger partial charge in [-0.3, -0.25) is 9.59 Å². The smallest absolute Gasteiger partial charge is 0.266 e. The van der Waals surface area contributed by atoms with E-state index in [1.54, 1.807) is 0 Å². The molecule has 2 rings (SSSR count). The zero-order valence-electron chi connectivity index (χ0n) is 10.3. The third kappa shape index (κ3) is 4.61. The fourth-order valence-corrected chi connectivity index (χ4v) is 1.14. The molecule has 0 bridgehead atoms. The number of benzene rings is 1. The number of rotatable bonds is 2. The minimum atomic E-state index is -0.305. The molecule has 0 amide bonds. The topological polar surface area (TPSA) is 66.1 Å². The summed E-state index contributed by atoms with van der Waals surface area (Å²) in [5.74, 6) is 0. The third-order valence-corrected chi connectivity index (χ3v) is 2.09. The van der Waals surface area contributed by atoms with E-state index in [-0.39, 0.29) is 11.3 Å². The lowest BCUT2D eigenvalue weighted by Crippen LogP contribution is -2.07. The first-order valence-corrected chi connectivity index (χ1v) is 5.36. The molecule has 0 fully saturated rings. The molecule has 0 aliphatic carbocycles. The Labute approximate surface area is 105 Å². The molecule has 0 saturated heterocycles. The summed E-state index contributed by atoms with van der Waals surface area (Å²) >= 11 is 0. The van der Waals surface area contributed by atoms with Crippen molar-refractivity contribution in [2.24, 2.45) is 0 Å². The normalized spacial score (nSPS) is 9.00. The zero-order chi connectivity index (χ0) is 13.4. The molecule has 0 saturated carbocycles. The van der Waals surface area contributed by atoms with Gasteiger partial charge in [-0.25, -0.2) is 4.98 Å². The molecule has 0 spiro atoms. The SMILES string of the molecule is CN(C)c1ccccc1.O=Cc1c[nH]c(=O)cn1. The highest BCUT2D eigenvalue weighted by molar-refractivity contribution is 5.70. The molecule has 0 aliphatic heterocycles. The van der Waals surface area contributed by atoms with Gasteiger partial charge in [0.1, 0.15) is 5.69 Å². The Balaban J connectivity index is 0.000000180. The highest BCUT2D eigenvalue weighted by Gasteiger charge is 1.88. The van der Waals surface area contributed by atoms with E-state index in [1.165, 1.54) is 11.9 Å². The molecule has 1 N–H and O–H groups in total. The second-order valence-corrected chi connectivity index (χ2v) is 3.68. The Morgan fingerprint density at radius 2 is 1.89 bits per heavy atom. The molecule has 1 aromatic heterocycles. The van der Waals surface area contributed by atoms with Crippen LogP contribution in [-0.2, 0) is 0 Å². The molecule has 2 aromatic rings. The second-order valence-electron chi connectivity index (χ2n) is 3.68. The van der Waals surface area contributed by atoms with Gasteiger partial charge in [-0.15, -0.1) is 0 Å². The van der Waals surface area contributed by atoms with Crippen molar-refractivity contribution >= 4 is 12.0 Å². The van der Waals surface area contributed by atoms with Crippen molar-refractivity contribution in [2.45, 2.75) is 0 Å². The number of para-hydroxylation sites is 1. The van der Waals surface area contributed by atoms with Crippen molar-refractivity contribution in [1.82, 2.24) is 9.97 Å². The molecule has 0 atom stereocenters. The molecule has 94 valence electrons. The van der Waals surface area contributed by atoms with E-state index in [4.69, 9.17) is 0 Å². The maximum atomic E-state index is 10.3. The number of anilines is 1. The van der Waals surface area contributed by atoms with Gasteiger partial charge < -0.3 is 9.88 Å². The van der Waals surface area contributed by atoms with E-state index in [2.05, 4.69) is 27.0 Å². The van der Waals surface area contributed by atoms with Crippen LogP contribution in [0.3, 0.4) is 0 Å². The third-order valence-electron chi connectivity index (χ3n) is 2.09. The Morgan fingerprint density at radius 3 is 2.28 bits per heavy atom.